The van der Waals surface area contributed by atoms with Crippen molar-refractivity contribution >= 4 is 29.9 Å². The Hall–Kier alpha value is -0.340. The number of rotatable bonds is 8. The van der Waals surface area contributed by atoms with Crippen LogP contribution in [-0.2, 0) is 4.74 Å². The molecule has 0 radical (unpaired) electrons. The van der Waals surface area contributed by atoms with Gasteiger partial charge in [-0.1, -0.05) is 26.0 Å². The van der Waals surface area contributed by atoms with E-state index in [1.807, 2.05) is 6.92 Å². The van der Waals surface area contributed by atoms with Gasteiger partial charge in [-0.05, 0) is 12.8 Å². The Labute approximate surface area is 127 Å². The maximum absolute atomic E-state index is 9.56. The molecule has 0 aromatic rings. The number of halogens is 1. The summed E-state index contributed by atoms with van der Waals surface area (Å²) in [6.45, 7) is 11.5. The second kappa shape index (κ2) is 11.7. The third-order valence-electron chi connectivity index (χ3n) is 1.81. The molecule has 0 aliphatic carbocycles. The summed E-state index contributed by atoms with van der Waals surface area (Å²) in [5.74, 6) is 0.781. The van der Waals surface area contributed by atoms with Gasteiger partial charge in [0.1, 0.15) is 0 Å². The van der Waals surface area contributed by atoms with Crippen LogP contribution in [0.2, 0.25) is 0 Å². The van der Waals surface area contributed by atoms with E-state index >= 15 is 0 Å². The number of hydrogen-bond acceptors (Lipinski definition) is 3. The van der Waals surface area contributed by atoms with Gasteiger partial charge in [0.25, 0.3) is 0 Å². The van der Waals surface area contributed by atoms with Gasteiger partial charge in [-0.15, -0.1) is 24.0 Å². The first kappa shape index (κ1) is 20.0. The number of nitrogens with one attached hydrogen (secondary N) is 1. The molecular weight excluding hydrogens is 345 g/mol. The highest BCUT2D eigenvalue weighted by atomic mass is 127. The lowest BCUT2D eigenvalue weighted by atomic mass is 10.2. The number of aliphatic imine (C=N–C) groups is 1. The van der Waals surface area contributed by atoms with Gasteiger partial charge in [-0.2, -0.15) is 0 Å². The molecule has 0 rings (SSSR count). The molecule has 0 aromatic heterocycles. The molecule has 0 amide bonds. The third-order valence-corrected chi connectivity index (χ3v) is 1.81. The SMILES string of the molecule is C=C(C)CNC(N)=NCC(O)COCC(C)C.I. The standard InChI is InChI=1S/C12H25N3O2.HI/c1-9(2)5-14-12(13)15-6-11(16)8-17-7-10(3)4;/h10-11,16H,1,5-8H2,2-4H3,(H3,13,14,15);1H. The molecule has 0 heterocycles. The van der Waals surface area contributed by atoms with Crippen LogP contribution < -0.4 is 11.1 Å². The van der Waals surface area contributed by atoms with E-state index in [-0.39, 0.29) is 37.1 Å². The van der Waals surface area contributed by atoms with E-state index in [0.717, 1.165) is 5.57 Å². The summed E-state index contributed by atoms with van der Waals surface area (Å²) in [6.07, 6.45) is -0.612. The van der Waals surface area contributed by atoms with Crippen molar-refractivity contribution in [2.75, 3.05) is 26.3 Å². The maximum atomic E-state index is 9.56. The lowest BCUT2D eigenvalue weighted by molar-refractivity contribution is 0.0301. The molecule has 1 unspecified atom stereocenters. The Balaban J connectivity index is 0. The van der Waals surface area contributed by atoms with E-state index < -0.39 is 6.10 Å². The number of aliphatic hydroxyl groups is 1. The van der Waals surface area contributed by atoms with Crippen LogP contribution in [0.25, 0.3) is 0 Å². The second-order valence-electron chi connectivity index (χ2n) is 4.62. The Bertz CT molecular complexity index is 258. The second-order valence-corrected chi connectivity index (χ2v) is 4.62. The molecule has 0 saturated carbocycles. The summed E-state index contributed by atoms with van der Waals surface area (Å²) < 4.78 is 5.29. The fraction of sp³-hybridized carbons (Fsp3) is 0.750. The molecule has 5 nitrogen and oxygen atoms in total. The zero-order valence-electron chi connectivity index (χ0n) is 11.5. The average molecular weight is 371 g/mol. The van der Waals surface area contributed by atoms with E-state index in [9.17, 15) is 5.11 Å². The van der Waals surface area contributed by atoms with Crippen LogP contribution in [0.4, 0.5) is 0 Å². The molecule has 0 aliphatic heterocycles. The summed E-state index contributed by atoms with van der Waals surface area (Å²) in [4.78, 5) is 4.01. The van der Waals surface area contributed by atoms with Gasteiger partial charge in [-0.3, -0.25) is 4.99 Å². The molecule has 18 heavy (non-hydrogen) atoms. The van der Waals surface area contributed by atoms with Gasteiger partial charge >= 0.3 is 0 Å². The highest BCUT2D eigenvalue weighted by Gasteiger charge is 2.04. The Morgan fingerprint density at radius 2 is 2.06 bits per heavy atom. The summed E-state index contributed by atoms with van der Waals surface area (Å²) in [5, 5.41) is 12.4. The largest absolute Gasteiger partial charge is 0.389 e. The van der Waals surface area contributed by atoms with E-state index in [4.69, 9.17) is 10.5 Å². The minimum Gasteiger partial charge on any atom is -0.389 e. The van der Waals surface area contributed by atoms with Gasteiger partial charge in [0.15, 0.2) is 5.96 Å². The van der Waals surface area contributed by atoms with Crippen molar-refractivity contribution in [3.05, 3.63) is 12.2 Å². The van der Waals surface area contributed by atoms with Crippen molar-refractivity contribution in [1.29, 1.82) is 0 Å². The fourth-order valence-corrected chi connectivity index (χ4v) is 0.994. The smallest absolute Gasteiger partial charge is 0.188 e. The average Bonchev–Trinajstić information content (AvgIpc) is 2.23. The normalized spacial score (nSPS) is 13.1. The van der Waals surface area contributed by atoms with Crippen molar-refractivity contribution in [2.45, 2.75) is 26.9 Å². The van der Waals surface area contributed by atoms with Crippen LogP contribution in [0, 0.1) is 5.92 Å². The van der Waals surface area contributed by atoms with Crippen LogP contribution in [0.3, 0.4) is 0 Å². The van der Waals surface area contributed by atoms with Gasteiger partial charge in [0, 0.05) is 13.2 Å². The minimum absolute atomic E-state index is 0. The van der Waals surface area contributed by atoms with Crippen molar-refractivity contribution in [2.24, 2.45) is 16.6 Å². The third kappa shape index (κ3) is 13.7. The van der Waals surface area contributed by atoms with Crippen LogP contribution >= 0.6 is 24.0 Å². The van der Waals surface area contributed by atoms with Gasteiger partial charge in [-0.25, -0.2) is 0 Å². The van der Waals surface area contributed by atoms with E-state index in [1.165, 1.54) is 0 Å². The Morgan fingerprint density at radius 1 is 1.44 bits per heavy atom. The molecule has 0 aliphatic rings. The molecule has 0 spiro atoms. The number of hydrogen-bond donors (Lipinski definition) is 3. The highest BCUT2D eigenvalue weighted by molar-refractivity contribution is 14.0. The highest BCUT2D eigenvalue weighted by Crippen LogP contribution is 1.94. The van der Waals surface area contributed by atoms with Gasteiger partial charge in [0.05, 0.1) is 19.3 Å². The molecule has 6 heteroatoms. The lowest BCUT2D eigenvalue weighted by Gasteiger charge is -2.11. The number of nitrogens with zero attached hydrogens (tertiary/aromatic N) is 1. The molecule has 108 valence electrons. The first-order valence-corrected chi connectivity index (χ1v) is 5.85. The van der Waals surface area contributed by atoms with E-state index in [0.29, 0.717) is 25.0 Å². The molecule has 0 bridgehead atoms. The fourth-order valence-electron chi connectivity index (χ4n) is 0.994. The molecule has 0 fully saturated rings. The monoisotopic (exact) mass is 371 g/mol. The van der Waals surface area contributed by atoms with Crippen LogP contribution in [-0.4, -0.2) is 43.5 Å². The van der Waals surface area contributed by atoms with Crippen LogP contribution in [0.1, 0.15) is 20.8 Å². The van der Waals surface area contributed by atoms with Crippen LogP contribution in [0.5, 0.6) is 0 Å². The molecule has 1 atom stereocenters. The summed E-state index contributed by atoms with van der Waals surface area (Å²) in [5.41, 5.74) is 6.57. The predicted octanol–water partition coefficient (Wildman–Crippen LogP) is 1.12. The van der Waals surface area contributed by atoms with E-state index in [2.05, 4.69) is 30.7 Å². The topological polar surface area (TPSA) is 79.9 Å². The minimum atomic E-state index is -0.612. The van der Waals surface area contributed by atoms with Crippen LogP contribution in [0.15, 0.2) is 17.1 Å². The summed E-state index contributed by atoms with van der Waals surface area (Å²) in [7, 11) is 0. The quantitative estimate of drug-likeness (QED) is 0.259. The first-order chi connectivity index (χ1) is 7.91. The van der Waals surface area contributed by atoms with Crippen molar-refractivity contribution < 1.29 is 9.84 Å². The predicted molar refractivity (Wildman–Crippen MR) is 86.4 cm³/mol. The first-order valence-electron chi connectivity index (χ1n) is 5.85. The molecular formula is C12H26IN3O2. The number of nitrogens with two attached hydrogens (primary N) is 1. The Kier molecular flexibility index (Phi) is 13.0. The van der Waals surface area contributed by atoms with Crippen molar-refractivity contribution in [3.8, 4) is 0 Å². The molecule has 0 aromatic carbocycles. The lowest BCUT2D eigenvalue weighted by Crippen LogP contribution is -2.34. The maximum Gasteiger partial charge on any atom is 0.188 e. The molecule has 0 saturated heterocycles. The number of aliphatic hydroxyl groups excluding tert-OH is 1. The van der Waals surface area contributed by atoms with Crippen molar-refractivity contribution in [1.82, 2.24) is 5.32 Å². The number of guanidine groups is 1. The number of ether oxygens (including phenoxy) is 1. The van der Waals surface area contributed by atoms with Crippen molar-refractivity contribution in [3.63, 3.8) is 0 Å². The van der Waals surface area contributed by atoms with E-state index in [1.54, 1.807) is 0 Å². The zero-order chi connectivity index (χ0) is 13.3. The summed E-state index contributed by atoms with van der Waals surface area (Å²) >= 11 is 0. The van der Waals surface area contributed by atoms with Gasteiger partial charge < -0.3 is 20.9 Å². The zero-order valence-corrected chi connectivity index (χ0v) is 13.8. The molecule has 4 N–H and O–H groups in total. The summed E-state index contributed by atoms with van der Waals surface area (Å²) in [6, 6.07) is 0. The Morgan fingerprint density at radius 3 is 2.56 bits per heavy atom. The van der Waals surface area contributed by atoms with Gasteiger partial charge in [0.2, 0.25) is 0 Å².